The van der Waals surface area contributed by atoms with Gasteiger partial charge in [0.05, 0.1) is 0 Å². The van der Waals surface area contributed by atoms with Crippen LogP contribution >= 0.6 is 38.5 Å². The van der Waals surface area contributed by atoms with Gasteiger partial charge in [-0.05, 0) is 46.2 Å². The number of halogens is 2. The van der Waals surface area contributed by atoms with E-state index in [4.69, 9.17) is 0 Å². The largest absolute Gasteiger partial charge is 0.288 e. The van der Waals surface area contributed by atoms with E-state index in [-0.39, 0.29) is 5.78 Å². The Morgan fingerprint density at radius 3 is 2.70 bits per heavy atom. The summed E-state index contributed by atoms with van der Waals surface area (Å²) in [7, 11) is 0. The predicted octanol–water partition coefficient (Wildman–Crippen LogP) is 4.83. The third kappa shape index (κ3) is 2.50. The van der Waals surface area contributed by atoms with Crippen LogP contribution in [0, 0.1) is 3.57 Å². The predicted molar refractivity (Wildman–Crippen MR) is 92.0 cm³/mol. The lowest BCUT2D eigenvalue weighted by Gasteiger charge is -2.07. The van der Waals surface area contributed by atoms with Crippen LogP contribution in [0.3, 0.4) is 0 Å². The van der Waals surface area contributed by atoms with E-state index in [0.717, 1.165) is 18.8 Å². The van der Waals surface area contributed by atoms with Crippen LogP contribution in [0.25, 0.3) is 10.8 Å². The molecule has 3 rings (SSSR count). The van der Waals surface area contributed by atoms with Crippen molar-refractivity contribution in [2.45, 2.75) is 0 Å². The van der Waals surface area contributed by atoms with Crippen LogP contribution in [0.15, 0.2) is 59.3 Å². The van der Waals surface area contributed by atoms with E-state index in [9.17, 15) is 4.79 Å². The zero-order valence-corrected chi connectivity index (χ0v) is 14.1. The van der Waals surface area contributed by atoms with Crippen molar-refractivity contribution in [2.24, 2.45) is 0 Å². The third-order valence-corrected chi connectivity index (χ3v) is 4.52. The summed E-state index contributed by atoms with van der Waals surface area (Å²) in [5, 5.41) is 1.91. The maximum atomic E-state index is 12.8. The third-order valence-electron chi connectivity index (χ3n) is 3.09. The number of rotatable bonds is 2. The number of pyridine rings is 1. The average Bonchev–Trinajstić information content (AvgIpc) is 2.48. The van der Waals surface area contributed by atoms with Crippen molar-refractivity contribution >= 4 is 55.1 Å². The molecule has 0 amide bonds. The molecule has 0 N–H and O–H groups in total. The van der Waals surface area contributed by atoms with Gasteiger partial charge in [0.25, 0.3) is 0 Å². The zero-order chi connectivity index (χ0) is 14.1. The Hall–Kier alpha value is -1.27. The Kier molecular flexibility index (Phi) is 3.85. The Morgan fingerprint density at radius 1 is 1.05 bits per heavy atom. The molecule has 0 saturated carbocycles. The summed E-state index contributed by atoms with van der Waals surface area (Å²) in [6, 6.07) is 13.5. The van der Waals surface area contributed by atoms with Crippen molar-refractivity contribution in [2.75, 3.05) is 0 Å². The average molecular weight is 438 g/mol. The molecule has 0 radical (unpaired) electrons. The standard InChI is InChI=1S/C16H9BrINO/c17-11-5-6-15(18)13(7-11)16(20)14-9-19-8-10-3-1-2-4-12(10)14/h1-9H. The number of benzene rings is 2. The summed E-state index contributed by atoms with van der Waals surface area (Å²) in [6.45, 7) is 0. The van der Waals surface area contributed by atoms with Gasteiger partial charge in [0.15, 0.2) is 5.78 Å². The molecule has 2 aromatic carbocycles. The first-order valence-corrected chi connectivity index (χ1v) is 7.86. The first-order chi connectivity index (χ1) is 9.66. The molecule has 4 heteroatoms. The Labute approximate surface area is 138 Å². The number of hydrogen-bond donors (Lipinski definition) is 0. The fourth-order valence-electron chi connectivity index (χ4n) is 2.11. The fourth-order valence-corrected chi connectivity index (χ4v) is 3.06. The van der Waals surface area contributed by atoms with Gasteiger partial charge in [-0.1, -0.05) is 40.2 Å². The highest BCUT2D eigenvalue weighted by Crippen LogP contribution is 2.24. The molecule has 0 spiro atoms. The van der Waals surface area contributed by atoms with Crippen LogP contribution in [-0.4, -0.2) is 10.8 Å². The number of nitrogens with zero attached hydrogens (tertiary/aromatic N) is 1. The molecule has 0 fully saturated rings. The highest BCUT2D eigenvalue weighted by atomic mass is 127. The number of aromatic nitrogens is 1. The van der Waals surface area contributed by atoms with E-state index in [1.165, 1.54) is 0 Å². The van der Waals surface area contributed by atoms with Gasteiger partial charge in [-0.15, -0.1) is 0 Å². The zero-order valence-electron chi connectivity index (χ0n) is 10.3. The van der Waals surface area contributed by atoms with Gasteiger partial charge in [0.2, 0.25) is 0 Å². The second-order valence-electron chi connectivity index (χ2n) is 4.36. The van der Waals surface area contributed by atoms with Crippen molar-refractivity contribution in [1.29, 1.82) is 0 Å². The highest BCUT2D eigenvalue weighted by molar-refractivity contribution is 14.1. The molecular weight excluding hydrogens is 429 g/mol. The SMILES string of the molecule is O=C(c1cc(Br)ccc1I)c1cncc2ccccc12. The Morgan fingerprint density at radius 2 is 1.85 bits per heavy atom. The van der Waals surface area contributed by atoms with Gasteiger partial charge >= 0.3 is 0 Å². The lowest BCUT2D eigenvalue weighted by atomic mass is 10.00. The van der Waals surface area contributed by atoms with Crippen LogP contribution in [-0.2, 0) is 0 Å². The van der Waals surface area contributed by atoms with Crippen LogP contribution in [0.4, 0.5) is 0 Å². The monoisotopic (exact) mass is 437 g/mol. The maximum Gasteiger partial charge on any atom is 0.196 e. The quantitative estimate of drug-likeness (QED) is 0.424. The summed E-state index contributed by atoms with van der Waals surface area (Å²) in [6.07, 6.45) is 3.42. The minimum atomic E-state index is 0.000000000000000222. The molecule has 0 aliphatic rings. The number of ketones is 1. The normalized spacial score (nSPS) is 10.7. The van der Waals surface area contributed by atoms with Crippen molar-refractivity contribution < 1.29 is 4.79 Å². The molecule has 0 aliphatic carbocycles. The molecule has 3 aromatic rings. The van der Waals surface area contributed by atoms with E-state index in [1.807, 2.05) is 42.5 Å². The van der Waals surface area contributed by atoms with Crippen molar-refractivity contribution in [3.63, 3.8) is 0 Å². The molecule has 0 unspecified atom stereocenters. The molecule has 0 saturated heterocycles. The van der Waals surface area contributed by atoms with E-state index in [0.29, 0.717) is 11.1 Å². The van der Waals surface area contributed by atoms with Crippen molar-refractivity contribution in [3.05, 3.63) is 74.0 Å². The van der Waals surface area contributed by atoms with Crippen LogP contribution in [0.5, 0.6) is 0 Å². The summed E-state index contributed by atoms with van der Waals surface area (Å²) >= 11 is 5.60. The van der Waals surface area contributed by atoms with Gasteiger partial charge in [0, 0.05) is 36.9 Å². The second-order valence-corrected chi connectivity index (χ2v) is 6.44. The topological polar surface area (TPSA) is 30.0 Å². The van der Waals surface area contributed by atoms with Gasteiger partial charge in [-0.25, -0.2) is 0 Å². The molecule has 0 atom stereocenters. The van der Waals surface area contributed by atoms with Crippen LogP contribution < -0.4 is 0 Å². The summed E-state index contributed by atoms with van der Waals surface area (Å²) in [4.78, 5) is 16.9. The van der Waals surface area contributed by atoms with E-state index >= 15 is 0 Å². The van der Waals surface area contributed by atoms with Gasteiger partial charge in [-0.3, -0.25) is 9.78 Å². The van der Waals surface area contributed by atoms with Gasteiger partial charge < -0.3 is 0 Å². The molecular formula is C16H9BrINO. The van der Waals surface area contributed by atoms with E-state index < -0.39 is 0 Å². The van der Waals surface area contributed by atoms with Crippen LogP contribution in [0.2, 0.25) is 0 Å². The number of hydrogen-bond acceptors (Lipinski definition) is 2. The molecule has 1 aromatic heterocycles. The first-order valence-electron chi connectivity index (χ1n) is 5.99. The van der Waals surface area contributed by atoms with E-state index in [2.05, 4.69) is 43.5 Å². The van der Waals surface area contributed by atoms with Crippen molar-refractivity contribution in [1.82, 2.24) is 4.98 Å². The second kappa shape index (κ2) is 5.61. The molecule has 1 heterocycles. The summed E-state index contributed by atoms with van der Waals surface area (Å²) < 4.78 is 1.83. The van der Waals surface area contributed by atoms with Gasteiger partial charge in [0.1, 0.15) is 0 Å². The molecule has 98 valence electrons. The van der Waals surface area contributed by atoms with Crippen LogP contribution in [0.1, 0.15) is 15.9 Å². The smallest absolute Gasteiger partial charge is 0.196 e. The fraction of sp³-hybridized carbons (Fsp3) is 0. The molecule has 0 aliphatic heterocycles. The molecule has 20 heavy (non-hydrogen) atoms. The Bertz CT molecular complexity index is 811. The Balaban J connectivity index is 2.20. The maximum absolute atomic E-state index is 12.8. The molecule has 2 nitrogen and oxygen atoms in total. The number of carbonyl (C=O) groups is 1. The van der Waals surface area contributed by atoms with Gasteiger partial charge in [-0.2, -0.15) is 0 Å². The minimum Gasteiger partial charge on any atom is -0.288 e. The summed E-state index contributed by atoms with van der Waals surface area (Å²) in [5.74, 6) is 0.000000000000000222. The lowest BCUT2D eigenvalue weighted by molar-refractivity contribution is 0.103. The number of carbonyl (C=O) groups excluding carboxylic acids is 1. The minimum absolute atomic E-state index is 0.000000000000000222. The molecule has 0 bridgehead atoms. The number of fused-ring (bicyclic) bond motifs is 1. The summed E-state index contributed by atoms with van der Waals surface area (Å²) in [5.41, 5.74) is 1.33. The first kappa shape index (κ1) is 13.7. The highest BCUT2D eigenvalue weighted by Gasteiger charge is 2.15. The van der Waals surface area contributed by atoms with Crippen molar-refractivity contribution in [3.8, 4) is 0 Å². The van der Waals surface area contributed by atoms with E-state index in [1.54, 1.807) is 12.4 Å². The lowest BCUT2D eigenvalue weighted by Crippen LogP contribution is -2.05.